The Kier molecular flexibility index (Phi) is 6.51. The van der Waals surface area contributed by atoms with Crippen molar-refractivity contribution in [2.24, 2.45) is 17.6 Å². The minimum atomic E-state index is -0.522. The van der Waals surface area contributed by atoms with Crippen LogP contribution in [0.15, 0.2) is 48.7 Å². The Hall–Kier alpha value is -2.89. The van der Waals surface area contributed by atoms with Crippen molar-refractivity contribution >= 4 is 17.6 Å². The van der Waals surface area contributed by atoms with E-state index in [-0.39, 0.29) is 12.5 Å². The summed E-state index contributed by atoms with van der Waals surface area (Å²) in [5.41, 5.74) is 13.1. The standard InChI is InChI=1S/C19H24N4O2/c1-13(19(25)23-12-15-8-5-11-22-17(15)20)16(18(21)24)10-9-14-6-3-2-4-7-14/h2-8,11,13,16H,9-10,12H2,1H3,(H2,20,22)(H2,21,24)(H,23,25)/t13-,16?/m0/s1. The topological polar surface area (TPSA) is 111 Å². The molecule has 2 rings (SSSR count). The summed E-state index contributed by atoms with van der Waals surface area (Å²) in [6.45, 7) is 2.00. The highest BCUT2D eigenvalue weighted by atomic mass is 16.2. The number of primary amides is 1. The second-order valence-corrected chi connectivity index (χ2v) is 6.09. The molecule has 1 heterocycles. The zero-order valence-electron chi connectivity index (χ0n) is 14.3. The van der Waals surface area contributed by atoms with Crippen LogP contribution in [-0.2, 0) is 22.6 Å². The third kappa shape index (κ3) is 5.31. The van der Waals surface area contributed by atoms with Gasteiger partial charge in [-0.3, -0.25) is 9.59 Å². The van der Waals surface area contributed by atoms with E-state index in [1.54, 1.807) is 25.3 Å². The summed E-state index contributed by atoms with van der Waals surface area (Å²) in [7, 11) is 0. The van der Waals surface area contributed by atoms with Crippen LogP contribution in [0.4, 0.5) is 5.82 Å². The Morgan fingerprint density at radius 2 is 1.88 bits per heavy atom. The maximum atomic E-state index is 12.4. The number of carbonyl (C=O) groups is 2. The van der Waals surface area contributed by atoms with E-state index in [1.165, 1.54) is 0 Å². The number of amides is 2. The van der Waals surface area contributed by atoms with Crippen molar-refractivity contribution in [3.63, 3.8) is 0 Å². The minimum absolute atomic E-state index is 0.222. The molecule has 25 heavy (non-hydrogen) atoms. The van der Waals surface area contributed by atoms with Crippen molar-refractivity contribution in [2.45, 2.75) is 26.3 Å². The largest absolute Gasteiger partial charge is 0.383 e. The van der Waals surface area contributed by atoms with E-state index < -0.39 is 17.7 Å². The molecule has 0 saturated heterocycles. The molecular weight excluding hydrogens is 316 g/mol. The second-order valence-electron chi connectivity index (χ2n) is 6.09. The first-order chi connectivity index (χ1) is 12.0. The summed E-state index contributed by atoms with van der Waals surface area (Å²) in [5, 5.41) is 2.81. The normalized spacial score (nSPS) is 13.0. The molecule has 5 N–H and O–H groups in total. The zero-order chi connectivity index (χ0) is 18.2. The quantitative estimate of drug-likeness (QED) is 0.678. The van der Waals surface area contributed by atoms with Gasteiger partial charge in [-0.05, 0) is 24.5 Å². The predicted octanol–water partition coefficient (Wildman–Crippen LogP) is 1.65. The molecule has 0 radical (unpaired) electrons. The van der Waals surface area contributed by atoms with Crippen LogP contribution in [0.25, 0.3) is 0 Å². The summed E-state index contributed by atoms with van der Waals surface area (Å²) in [5.74, 6) is -1.34. The van der Waals surface area contributed by atoms with Crippen molar-refractivity contribution < 1.29 is 9.59 Å². The van der Waals surface area contributed by atoms with Gasteiger partial charge in [0.25, 0.3) is 0 Å². The fraction of sp³-hybridized carbons (Fsp3) is 0.316. The predicted molar refractivity (Wildman–Crippen MR) is 97.1 cm³/mol. The molecule has 2 amide bonds. The molecule has 0 aliphatic heterocycles. The lowest BCUT2D eigenvalue weighted by molar-refractivity contribution is -0.133. The molecule has 0 aliphatic rings. The van der Waals surface area contributed by atoms with Gasteiger partial charge < -0.3 is 16.8 Å². The lowest BCUT2D eigenvalue weighted by Crippen LogP contribution is -2.39. The fourth-order valence-electron chi connectivity index (χ4n) is 2.73. The number of carbonyl (C=O) groups excluding carboxylic acids is 2. The number of nitrogens with two attached hydrogens (primary N) is 2. The van der Waals surface area contributed by atoms with Crippen molar-refractivity contribution in [1.29, 1.82) is 0 Å². The Morgan fingerprint density at radius 1 is 1.16 bits per heavy atom. The van der Waals surface area contributed by atoms with Gasteiger partial charge in [-0.2, -0.15) is 0 Å². The van der Waals surface area contributed by atoms with Crippen LogP contribution in [-0.4, -0.2) is 16.8 Å². The summed E-state index contributed by atoms with van der Waals surface area (Å²) < 4.78 is 0. The average molecular weight is 340 g/mol. The monoisotopic (exact) mass is 340 g/mol. The molecule has 0 bridgehead atoms. The van der Waals surface area contributed by atoms with E-state index in [4.69, 9.17) is 11.5 Å². The SMILES string of the molecule is C[C@H](C(=O)NCc1cccnc1N)C(CCc1ccccc1)C(N)=O. The number of hydrogen-bond acceptors (Lipinski definition) is 4. The van der Waals surface area contributed by atoms with E-state index in [1.807, 2.05) is 30.3 Å². The number of hydrogen-bond donors (Lipinski definition) is 3. The van der Waals surface area contributed by atoms with Crippen LogP contribution in [0, 0.1) is 11.8 Å². The van der Waals surface area contributed by atoms with E-state index in [0.717, 1.165) is 11.1 Å². The molecule has 0 saturated carbocycles. The van der Waals surface area contributed by atoms with Crippen molar-refractivity contribution in [3.05, 3.63) is 59.8 Å². The highest BCUT2D eigenvalue weighted by Crippen LogP contribution is 2.19. The Bertz CT molecular complexity index is 718. The molecule has 6 heteroatoms. The number of nitrogens with one attached hydrogen (secondary N) is 1. The van der Waals surface area contributed by atoms with Crippen LogP contribution in [0.5, 0.6) is 0 Å². The van der Waals surface area contributed by atoms with Gasteiger partial charge >= 0.3 is 0 Å². The summed E-state index contributed by atoms with van der Waals surface area (Å²) in [6.07, 6.45) is 2.82. The molecule has 132 valence electrons. The number of nitrogen functional groups attached to an aromatic ring is 1. The third-order valence-electron chi connectivity index (χ3n) is 4.35. The number of anilines is 1. The lowest BCUT2D eigenvalue weighted by Gasteiger charge is -2.21. The second kappa shape index (κ2) is 8.82. The molecule has 0 spiro atoms. The Balaban J connectivity index is 1.94. The number of aryl methyl sites for hydroxylation is 1. The third-order valence-corrected chi connectivity index (χ3v) is 4.35. The fourth-order valence-corrected chi connectivity index (χ4v) is 2.73. The number of aromatic nitrogens is 1. The van der Waals surface area contributed by atoms with Gasteiger partial charge in [-0.25, -0.2) is 4.98 Å². The van der Waals surface area contributed by atoms with Gasteiger partial charge in [0.1, 0.15) is 5.82 Å². The van der Waals surface area contributed by atoms with Gasteiger partial charge in [-0.1, -0.05) is 43.3 Å². The first-order valence-corrected chi connectivity index (χ1v) is 8.29. The van der Waals surface area contributed by atoms with Crippen LogP contribution in [0.3, 0.4) is 0 Å². The lowest BCUT2D eigenvalue weighted by atomic mass is 9.87. The summed E-state index contributed by atoms with van der Waals surface area (Å²) in [4.78, 5) is 28.2. The van der Waals surface area contributed by atoms with Crippen LogP contribution >= 0.6 is 0 Å². The van der Waals surface area contributed by atoms with E-state index in [0.29, 0.717) is 18.7 Å². The van der Waals surface area contributed by atoms with Crippen molar-refractivity contribution in [1.82, 2.24) is 10.3 Å². The number of pyridine rings is 1. The average Bonchev–Trinajstić information content (AvgIpc) is 2.61. The van der Waals surface area contributed by atoms with Crippen LogP contribution in [0.1, 0.15) is 24.5 Å². The molecule has 2 aromatic rings. The maximum Gasteiger partial charge on any atom is 0.223 e. The molecule has 2 atom stereocenters. The number of rotatable bonds is 8. The van der Waals surface area contributed by atoms with Gasteiger partial charge in [0.15, 0.2) is 0 Å². The smallest absolute Gasteiger partial charge is 0.223 e. The van der Waals surface area contributed by atoms with Gasteiger partial charge in [0, 0.05) is 30.1 Å². The molecular formula is C19H24N4O2. The first kappa shape index (κ1) is 18.4. The summed E-state index contributed by atoms with van der Waals surface area (Å²) >= 11 is 0. The van der Waals surface area contributed by atoms with Gasteiger partial charge in [0.05, 0.1) is 0 Å². The van der Waals surface area contributed by atoms with E-state index in [2.05, 4.69) is 10.3 Å². The van der Waals surface area contributed by atoms with Crippen molar-refractivity contribution in [3.8, 4) is 0 Å². The zero-order valence-corrected chi connectivity index (χ0v) is 14.3. The molecule has 0 fully saturated rings. The van der Waals surface area contributed by atoms with Crippen LogP contribution < -0.4 is 16.8 Å². The first-order valence-electron chi connectivity index (χ1n) is 8.29. The highest BCUT2D eigenvalue weighted by molar-refractivity contribution is 5.86. The molecule has 1 aromatic heterocycles. The minimum Gasteiger partial charge on any atom is -0.383 e. The molecule has 0 aliphatic carbocycles. The Morgan fingerprint density at radius 3 is 2.52 bits per heavy atom. The van der Waals surface area contributed by atoms with Crippen LogP contribution in [0.2, 0.25) is 0 Å². The molecule has 6 nitrogen and oxygen atoms in total. The number of nitrogens with zero attached hydrogens (tertiary/aromatic N) is 1. The summed E-state index contributed by atoms with van der Waals surface area (Å²) in [6, 6.07) is 13.4. The molecule has 1 aromatic carbocycles. The van der Waals surface area contributed by atoms with Gasteiger partial charge in [-0.15, -0.1) is 0 Å². The number of benzene rings is 1. The van der Waals surface area contributed by atoms with Gasteiger partial charge in [0.2, 0.25) is 11.8 Å². The van der Waals surface area contributed by atoms with E-state index >= 15 is 0 Å². The van der Waals surface area contributed by atoms with Crippen molar-refractivity contribution in [2.75, 3.05) is 5.73 Å². The maximum absolute atomic E-state index is 12.4. The highest BCUT2D eigenvalue weighted by Gasteiger charge is 2.28. The van der Waals surface area contributed by atoms with E-state index in [9.17, 15) is 9.59 Å². The molecule has 1 unspecified atom stereocenters. The Labute approximate surface area is 147 Å².